The molecule has 0 unspecified atom stereocenters. The molecule has 0 saturated heterocycles. The Morgan fingerprint density at radius 1 is 1.14 bits per heavy atom. The Labute approximate surface area is 110 Å². The van der Waals surface area contributed by atoms with E-state index in [9.17, 15) is 0 Å². The largest absolute Gasteiger partial charge is 1.00 e. The number of amidine groups is 1. The Hall–Kier alpha value is -0.550. The smallest absolute Gasteiger partial charge is 0.741 e. The monoisotopic (exact) mass is 213 g/mol. The minimum Gasteiger partial charge on any atom is -0.741 e. The Morgan fingerprint density at radius 2 is 1.86 bits per heavy atom. The van der Waals surface area contributed by atoms with Crippen LogP contribution in [0, 0.1) is 0 Å². The summed E-state index contributed by atoms with van der Waals surface area (Å²) in [5, 5.41) is 0.460. The van der Waals surface area contributed by atoms with Gasteiger partial charge in [0.15, 0.2) is 0 Å². The summed E-state index contributed by atoms with van der Waals surface area (Å²) >= 11 is 4.90. The van der Waals surface area contributed by atoms with Crippen LogP contribution in [0.25, 0.3) is 5.70 Å². The summed E-state index contributed by atoms with van der Waals surface area (Å²) in [6.07, 6.45) is 1.78. The van der Waals surface area contributed by atoms with Crippen LogP contribution in [0.3, 0.4) is 0 Å². The van der Waals surface area contributed by atoms with E-state index in [1.807, 2.05) is 30.3 Å². The first-order valence-corrected chi connectivity index (χ1v) is 4.30. The molecular weight excluding hydrogens is 205 g/mol. The van der Waals surface area contributed by atoms with Crippen LogP contribution in [-0.2, 0) is 12.6 Å². The summed E-state index contributed by atoms with van der Waals surface area (Å²) < 4.78 is 0. The van der Waals surface area contributed by atoms with Gasteiger partial charge in [-0.3, -0.25) is 4.99 Å². The second kappa shape index (κ2) is 5.36. The van der Waals surface area contributed by atoms with Gasteiger partial charge in [0.2, 0.25) is 0 Å². The van der Waals surface area contributed by atoms with Gasteiger partial charge in [-0.25, -0.2) is 0 Å². The molecule has 1 heterocycles. The van der Waals surface area contributed by atoms with E-state index in [0.29, 0.717) is 5.17 Å². The summed E-state index contributed by atoms with van der Waals surface area (Å²) in [6, 6.07) is 9.89. The standard InChI is InChI=1S/C9H9N3S.Na/c13-9-11-8(6-10-12-9)7-4-2-1-3-5-7;/h1-6,10H,(H2,11,12,13);/q;+1/p-1. The predicted molar refractivity (Wildman–Crippen MR) is 55.5 cm³/mol. The molecule has 0 saturated carbocycles. The second-order valence-electron chi connectivity index (χ2n) is 2.58. The van der Waals surface area contributed by atoms with E-state index in [2.05, 4.69) is 15.8 Å². The number of hydrogen-bond donors (Lipinski definition) is 2. The van der Waals surface area contributed by atoms with Crippen molar-refractivity contribution in [3.05, 3.63) is 42.1 Å². The molecule has 0 spiro atoms. The summed E-state index contributed by atoms with van der Waals surface area (Å²) in [4.78, 5) is 4.17. The van der Waals surface area contributed by atoms with Gasteiger partial charge in [-0.2, -0.15) is 0 Å². The van der Waals surface area contributed by atoms with Gasteiger partial charge in [0.05, 0.1) is 5.70 Å². The minimum absolute atomic E-state index is 0. The normalized spacial score (nSPS) is 14.0. The van der Waals surface area contributed by atoms with Gasteiger partial charge in [0, 0.05) is 11.8 Å². The van der Waals surface area contributed by atoms with Crippen LogP contribution in [0.5, 0.6) is 0 Å². The zero-order valence-electron chi connectivity index (χ0n) is 7.82. The molecule has 14 heavy (non-hydrogen) atoms. The quantitative estimate of drug-likeness (QED) is 0.418. The van der Waals surface area contributed by atoms with Crippen molar-refractivity contribution in [1.29, 1.82) is 0 Å². The van der Waals surface area contributed by atoms with Crippen LogP contribution in [0.4, 0.5) is 0 Å². The van der Waals surface area contributed by atoms with Gasteiger partial charge >= 0.3 is 29.6 Å². The van der Waals surface area contributed by atoms with E-state index < -0.39 is 0 Å². The molecule has 1 aromatic carbocycles. The summed E-state index contributed by atoms with van der Waals surface area (Å²) in [6.45, 7) is 0. The molecule has 2 rings (SSSR count). The van der Waals surface area contributed by atoms with Crippen LogP contribution in [-0.4, -0.2) is 5.17 Å². The summed E-state index contributed by atoms with van der Waals surface area (Å²) in [5.41, 5.74) is 7.46. The van der Waals surface area contributed by atoms with Crippen molar-refractivity contribution in [2.45, 2.75) is 0 Å². The molecule has 0 fully saturated rings. The molecule has 0 atom stereocenters. The molecule has 0 aliphatic carbocycles. The molecule has 0 aromatic heterocycles. The van der Waals surface area contributed by atoms with Gasteiger partial charge in [-0.15, -0.1) is 0 Å². The molecule has 66 valence electrons. The first-order valence-electron chi connectivity index (χ1n) is 3.89. The van der Waals surface area contributed by atoms with Crippen LogP contribution in [0.2, 0.25) is 0 Å². The predicted octanol–water partition coefficient (Wildman–Crippen LogP) is -2.00. The Balaban J connectivity index is 0.000000980. The van der Waals surface area contributed by atoms with E-state index >= 15 is 0 Å². The third-order valence-corrected chi connectivity index (χ3v) is 1.87. The molecule has 1 aromatic rings. The van der Waals surface area contributed by atoms with Gasteiger partial charge in [0.1, 0.15) is 0 Å². The van der Waals surface area contributed by atoms with E-state index in [0.717, 1.165) is 11.3 Å². The fourth-order valence-electron chi connectivity index (χ4n) is 1.09. The average Bonchev–Trinajstić information content (AvgIpc) is 2.19. The molecule has 5 heteroatoms. The van der Waals surface area contributed by atoms with E-state index in [1.165, 1.54) is 0 Å². The number of aliphatic imine (C=N–C) groups is 1. The molecule has 1 aliphatic rings. The van der Waals surface area contributed by atoms with Crippen molar-refractivity contribution < 1.29 is 29.6 Å². The molecule has 3 nitrogen and oxygen atoms in total. The first kappa shape index (κ1) is 11.5. The number of nitrogens with one attached hydrogen (secondary N) is 2. The zero-order chi connectivity index (χ0) is 9.10. The van der Waals surface area contributed by atoms with Crippen LogP contribution in [0.1, 0.15) is 5.56 Å². The molecule has 0 radical (unpaired) electrons. The minimum atomic E-state index is 0. The zero-order valence-corrected chi connectivity index (χ0v) is 10.6. The Morgan fingerprint density at radius 3 is 2.50 bits per heavy atom. The second-order valence-corrected chi connectivity index (χ2v) is 2.97. The molecule has 1 aliphatic heterocycles. The van der Waals surface area contributed by atoms with Crippen molar-refractivity contribution >= 4 is 23.5 Å². The van der Waals surface area contributed by atoms with E-state index in [1.54, 1.807) is 6.20 Å². The fraction of sp³-hybridized carbons (Fsp3) is 0. The van der Waals surface area contributed by atoms with E-state index in [4.69, 9.17) is 12.6 Å². The van der Waals surface area contributed by atoms with Crippen molar-refractivity contribution in [2.24, 2.45) is 4.99 Å². The SMILES string of the molecule is [Na+].[S-]C1=NC(c2ccccc2)=CNN1. The number of hydrazine groups is 1. The van der Waals surface area contributed by atoms with Crippen molar-refractivity contribution in [2.75, 3.05) is 0 Å². The summed E-state index contributed by atoms with van der Waals surface area (Å²) in [7, 11) is 0. The third kappa shape index (κ3) is 2.72. The molecule has 0 amide bonds. The van der Waals surface area contributed by atoms with E-state index in [-0.39, 0.29) is 29.6 Å². The van der Waals surface area contributed by atoms with Crippen LogP contribution < -0.4 is 40.4 Å². The number of hydrogen-bond acceptors (Lipinski definition) is 4. The van der Waals surface area contributed by atoms with Crippen molar-refractivity contribution in [3.8, 4) is 0 Å². The number of nitrogens with zero attached hydrogens (tertiary/aromatic N) is 1. The maximum atomic E-state index is 4.90. The number of rotatable bonds is 1. The molecule has 0 bridgehead atoms. The van der Waals surface area contributed by atoms with Crippen molar-refractivity contribution in [1.82, 2.24) is 10.9 Å². The number of benzene rings is 1. The maximum Gasteiger partial charge on any atom is 1.00 e. The average molecular weight is 213 g/mol. The fourth-order valence-corrected chi connectivity index (χ4v) is 1.25. The van der Waals surface area contributed by atoms with Crippen molar-refractivity contribution in [3.63, 3.8) is 0 Å². The Bertz CT molecular complexity index is 362. The Kier molecular flexibility index (Phi) is 4.41. The molecular formula is C9H8N3NaS. The maximum absolute atomic E-state index is 4.90. The van der Waals surface area contributed by atoms with Crippen LogP contribution >= 0.6 is 0 Å². The topological polar surface area (TPSA) is 36.4 Å². The van der Waals surface area contributed by atoms with Gasteiger partial charge in [-0.05, 0) is 5.17 Å². The molecule has 2 N–H and O–H groups in total. The van der Waals surface area contributed by atoms with Gasteiger partial charge in [-0.1, -0.05) is 30.3 Å². The van der Waals surface area contributed by atoms with Gasteiger partial charge < -0.3 is 23.5 Å². The van der Waals surface area contributed by atoms with Gasteiger partial charge in [0.25, 0.3) is 0 Å². The summed E-state index contributed by atoms with van der Waals surface area (Å²) in [5.74, 6) is 0. The van der Waals surface area contributed by atoms with Crippen LogP contribution in [0.15, 0.2) is 41.5 Å². The third-order valence-electron chi connectivity index (χ3n) is 1.68. The first-order chi connectivity index (χ1) is 6.36.